The van der Waals surface area contributed by atoms with Crippen LogP contribution in [0.4, 0.5) is 0 Å². The van der Waals surface area contributed by atoms with Crippen LogP contribution in [-0.4, -0.2) is 11.7 Å². The lowest BCUT2D eigenvalue weighted by Gasteiger charge is -2.14. The van der Waals surface area contributed by atoms with Crippen LogP contribution in [-0.2, 0) is 0 Å². The number of hydrogen-bond acceptors (Lipinski definition) is 1. The van der Waals surface area contributed by atoms with E-state index < -0.39 is 0 Å². The van der Waals surface area contributed by atoms with Gasteiger partial charge in [-0.1, -0.05) is 81.7 Å². The number of hydrogen-bond donors (Lipinski definition) is 1. The molecule has 0 heterocycles. The Labute approximate surface area is 119 Å². The van der Waals surface area contributed by atoms with Gasteiger partial charge in [-0.3, -0.25) is 0 Å². The highest BCUT2D eigenvalue weighted by Gasteiger charge is 2.09. The zero-order valence-electron chi connectivity index (χ0n) is 12.7. The zero-order valence-corrected chi connectivity index (χ0v) is 12.7. The summed E-state index contributed by atoms with van der Waals surface area (Å²) >= 11 is 0. The molecule has 19 heavy (non-hydrogen) atoms. The van der Waals surface area contributed by atoms with Crippen molar-refractivity contribution in [1.29, 1.82) is 0 Å². The largest absolute Gasteiger partial charge is 0.396 e. The van der Waals surface area contributed by atoms with Crippen molar-refractivity contribution in [1.82, 2.24) is 0 Å². The van der Waals surface area contributed by atoms with Gasteiger partial charge >= 0.3 is 0 Å². The third-order valence-corrected chi connectivity index (χ3v) is 3.93. The van der Waals surface area contributed by atoms with Crippen molar-refractivity contribution in [3.8, 4) is 0 Å². The van der Waals surface area contributed by atoms with Gasteiger partial charge in [-0.15, -0.1) is 0 Å². The van der Waals surface area contributed by atoms with Crippen molar-refractivity contribution in [2.24, 2.45) is 0 Å². The summed E-state index contributed by atoms with van der Waals surface area (Å²) in [5.41, 5.74) is 2.58. The molecule has 1 atom stereocenters. The Morgan fingerprint density at radius 1 is 0.895 bits per heavy atom. The minimum Gasteiger partial charge on any atom is -0.396 e. The molecule has 0 radical (unpaired) electrons. The monoisotopic (exact) mass is 262 g/mol. The summed E-state index contributed by atoms with van der Waals surface area (Å²) in [4.78, 5) is 0. The molecule has 0 saturated carbocycles. The first kappa shape index (κ1) is 16.2. The molecule has 108 valence electrons. The normalized spacial score (nSPS) is 12.6. The summed E-state index contributed by atoms with van der Waals surface area (Å²) in [6, 6.07) is 8.61. The van der Waals surface area contributed by atoms with E-state index in [1.807, 2.05) is 0 Å². The fraction of sp³-hybridized carbons (Fsp3) is 0.667. The molecule has 1 nitrogen and oxygen atoms in total. The van der Waals surface area contributed by atoms with Crippen LogP contribution in [0.3, 0.4) is 0 Å². The van der Waals surface area contributed by atoms with Crippen molar-refractivity contribution in [2.75, 3.05) is 6.61 Å². The van der Waals surface area contributed by atoms with E-state index in [9.17, 15) is 5.11 Å². The average molecular weight is 262 g/mol. The minimum atomic E-state index is 0.277. The molecular formula is C18H30O. The average Bonchev–Trinajstić information content (AvgIpc) is 2.43. The number of aliphatic hydroxyl groups is 1. The molecule has 0 aromatic heterocycles. The Morgan fingerprint density at radius 3 is 2.05 bits per heavy atom. The van der Waals surface area contributed by atoms with Gasteiger partial charge in [-0.2, -0.15) is 0 Å². The first-order valence-electron chi connectivity index (χ1n) is 7.95. The van der Waals surface area contributed by atoms with Gasteiger partial charge in [-0.25, -0.2) is 0 Å². The number of benzene rings is 1. The van der Waals surface area contributed by atoms with Gasteiger partial charge < -0.3 is 5.11 Å². The lowest BCUT2D eigenvalue weighted by molar-refractivity contribution is 0.256. The zero-order chi connectivity index (χ0) is 13.9. The number of aliphatic hydroxyl groups excluding tert-OH is 1. The van der Waals surface area contributed by atoms with Crippen molar-refractivity contribution in [3.63, 3.8) is 0 Å². The predicted molar refractivity (Wildman–Crippen MR) is 83.6 cm³/mol. The van der Waals surface area contributed by atoms with Gasteiger partial charge in [0.2, 0.25) is 0 Å². The third kappa shape index (κ3) is 6.77. The second-order valence-corrected chi connectivity index (χ2v) is 5.70. The second-order valence-electron chi connectivity index (χ2n) is 5.70. The van der Waals surface area contributed by atoms with Crippen LogP contribution in [0.25, 0.3) is 0 Å². The molecule has 0 aliphatic heterocycles. The van der Waals surface area contributed by atoms with E-state index in [0.29, 0.717) is 5.92 Å². The van der Waals surface area contributed by atoms with E-state index in [-0.39, 0.29) is 6.61 Å². The van der Waals surface area contributed by atoms with Gasteiger partial charge in [-0.05, 0) is 18.9 Å². The molecule has 0 aliphatic rings. The van der Waals surface area contributed by atoms with E-state index >= 15 is 0 Å². The maximum Gasteiger partial charge on any atom is 0.0499 e. The van der Waals surface area contributed by atoms with E-state index in [1.165, 1.54) is 56.1 Å². The van der Waals surface area contributed by atoms with Crippen molar-refractivity contribution >= 4 is 0 Å². The molecule has 0 bridgehead atoms. The molecule has 1 N–H and O–H groups in total. The number of rotatable bonds is 10. The van der Waals surface area contributed by atoms with Crippen molar-refractivity contribution in [3.05, 3.63) is 35.4 Å². The minimum absolute atomic E-state index is 0.277. The van der Waals surface area contributed by atoms with Crippen LogP contribution >= 0.6 is 0 Å². The summed E-state index contributed by atoms with van der Waals surface area (Å²) in [7, 11) is 0. The fourth-order valence-corrected chi connectivity index (χ4v) is 2.55. The van der Waals surface area contributed by atoms with Gasteiger partial charge in [0.05, 0.1) is 0 Å². The Hall–Kier alpha value is -0.820. The molecule has 0 spiro atoms. The summed E-state index contributed by atoms with van der Waals surface area (Å²) < 4.78 is 0. The highest BCUT2D eigenvalue weighted by molar-refractivity contribution is 5.24. The van der Waals surface area contributed by atoms with E-state index in [1.54, 1.807) is 0 Å². The molecule has 1 rings (SSSR count). The van der Waals surface area contributed by atoms with Crippen molar-refractivity contribution < 1.29 is 5.11 Å². The lowest BCUT2D eigenvalue weighted by Crippen LogP contribution is -2.04. The van der Waals surface area contributed by atoms with E-state index in [4.69, 9.17) is 0 Å². The maximum absolute atomic E-state index is 9.52. The Kier molecular flexibility index (Phi) is 8.57. The second kappa shape index (κ2) is 10.0. The number of aryl methyl sites for hydroxylation is 1. The van der Waals surface area contributed by atoms with E-state index in [0.717, 1.165) is 6.42 Å². The molecule has 0 fully saturated rings. The molecule has 0 amide bonds. The summed E-state index contributed by atoms with van der Waals surface area (Å²) in [6.45, 7) is 4.64. The Morgan fingerprint density at radius 2 is 1.47 bits per heavy atom. The molecule has 1 aromatic rings. The van der Waals surface area contributed by atoms with Crippen LogP contribution in [0.5, 0.6) is 0 Å². The molecule has 0 aliphatic carbocycles. The standard InChI is InChI=1S/C18H30O/c1-3-4-5-6-7-8-9-10-18(15-19)17-13-11-16(2)12-14-17/h11-14,18-19H,3-10,15H2,1-2H3. The molecule has 1 unspecified atom stereocenters. The van der Waals surface area contributed by atoms with Gasteiger partial charge in [0, 0.05) is 12.5 Å². The number of unbranched alkanes of at least 4 members (excludes halogenated alkanes) is 6. The smallest absolute Gasteiger partial charge is 0.0499 e. The van der Waals surface area contributed by atoms with Crippen LogP contribution in [0.2, 0.25) is 0 Å². The molecular weight excluding hydrogens is 232 g/mol. The maximum atomic E-state index is 9.52. The Balaban J connectivity index is 2.20. The summed E-state index contributed by atoms with van der Waals surface area (Å²) in [6.07, 6.45) is 10.5. The van der Waals surface area contributed by atoms with Crippen LogP contribution in [0.1, 0.15) is 75.3 Å². The lowest BCUT2D eigenvalue weighted by atomic mass is 9.93. The van der Waals surface area contributed by atoms with Crippen LogP contribution in [0, 0.1) is 6.92 Å². The fourth-order valence-electron chi connectivity index (χ4n) is 2.55. The highest BCUT2D eigenvalue weighted by Crippen LogP contribution is 2.22. The van der Waals surface area contributed by atoms with Gasteiger partial charge in [0.1, 0.15) is 0 Å². The third-order valence-electron chi connectivity index (χ3n) is 3.93. The molecule has 0 saturated heterocycles. The summed E-state index contributed by atoms with van der Waals surface area (Å²) in [5.74, 6) is 0.330. The van der Waals surface area contributed by atoms with Crippen molar-refractivity contribution in [2.45, 2.75) is 71.1 Å². The van der Waals surface area contributed by atoms with Crippen LogP contribution < -0.4 is 0 Å². The summed E-state index contributed by atoms with van der Waals surface area (Å²) in [5, 5.41) is 9.52. The SMILES string of the molecule is CCCCCCCCCC(CO)c1ccc(C)cc1. The first-order valence-corrected chi connectivity index (χ1v) is 7.95. The predicted octanol–water partition coefficient (Wildman–Crippen LogP) is 5.21. The van der Waals surface area contributed by atoms with Gasteiger partial charge in [0.25, 0.3) is 0 Å². The van der Waals surface area contributed by atoms with Crippen LogP contribution in [0.15, 0.2) is 24.3 Å². The quantitative estimate of drug-likeness (QED) is 0.574. The highest BCUT2D eigenvalue weighted by atomic mass is 16.3. The molecule has 1 aromatic carbocycles. The first-order chi connectivity index (χ1) is 9.27. The van der Waals surface area contributed by atoms with E-state index in [2.05, 4.69) is 38.1 Å². The Bertz CT molecular complexity index is 315. The topological polar surface area (TPSA) is 20.2 Å². The van der Waals surface area contributed by atoms with Gasteiger partial charge in [0.15, 0.2) is 0 Å². The molecule has 1 heteroatoms.